The average molecular weight is 235 g/mol. The fourth-order valence-corrected chi connectivity index (χ4v) is 1.89. The van der Waals surface area contributed by atoms with Crippen molar-refractivity contribution in [2.45, 2.75) is 34.1 Å². The van der Waals surface area contributed by atoms with Crippen LogP contribution >= 0.6 is 0 Å². The molecule has 2 heteroatoms. The fraction of sp³-hybridized carbons (Fsp3) is 0.600. The van der Waals surface area contributed by atoms with E-state index in [1.165, 1.54) is 11.1 Å². The molecule has 0 atom stereocenters. The molecule has 0 aliphatic heterocycles. The van der Waals surface area contributed by atoms with Gasteiger partial charge in [-0.1, -0.05) is 26.0 Å². The van der Waals surface area contributed by atoms with Gasteiger partial charge in [-0.15, -0.1) is 0 Å². The molecule has 2 nitrogen and oxygen atoms in total. The third-order valence-corrected chi connectivity index (χ3v) is 3.33. The Hall–Kier alpha value is -1.02. The monoisotopic (exact) mass is 235 g/mol. The molecule has 1 rings (SSSR count). The summed E-state index contributed by atoms with van der Waals surface area (Å²) in [6, 6.07) is 6.24. The molecule has 0 unspecified atom stereocenters. The number of benzene rings is 1. The first kappa shape index (κ1) is 14.0. The maximum atomic E-state index is 5.83. The molecule has 0 spiro atoms. The van der Waals surface area contributed by atoms with Crippen molar-refractivity contribution < 1.29 is 4.74 Å². The summed E-state index contributed by atoms with van der Waals surface area (Å²) in [6.07, 6.45) is 1.09. The Bertz CT molecular complexity index is 332. The van der Waals surface area contributed by atoms with E-state index >= 15 is 0 Å². The Morgan fingerprint density at radius 3 is 2.47 bits per heavy atom. The predicted molar refractivity (Wildman–Crippen MR) is 73.8 cm³/mol. The molecule has 0 saturated heterocycles. The molecule has 0 saturated carbocycles. The molecule has 0 N–H and O–H groups in total. The van der Waals surface area contributed by atoms with Crippen molar-refractivity contribution >= 4 is 0 Å². The van der Waals surface area contributed by atoms with Crippen LogP contribution in [0, 0.1) is 13.8 Å². The number of hydrogen-bond donors (Lipinski definition) is 0. The normalized spacial score (nSPS) is 10.9. The summed E-state index contributed by atoms with van der Waals surface area (Å²) in [5.41, 5.74) is 2.56. The van der Waals surface area contributed by atoms with E-state index in [9.17, 15) is 0 Å². The first-order valence-corrected chi connectivity index (χ1v) is 6.60. The van der Waals surface area contributed by atoms with Crippen LogP contribution in [0.25, 0.3) is 0 Å². The van der Waals surface area contributed by atoms with Gasteiger partial charge in [0.25, 0.3) is 0 Å². The molecule has 17 heavy (non-hydrogen) atoms. The van der Waals surface area contributed by atoms with E-state index in [1.807, 2.05) is 0 Å². The van der Waals surface area contributed by atoms with Crippen LogP contribution in [-0.4, -0.2) is 31.1 Å². The maximum absolute atomic E-state index is 5.83. The zero-order valence-electron chi connectivity index (χ0n) is 11.6. The van der Waals surface area contributed by atoms with Gasteiger partial charge >= 0.3 is 0 Å². The third-order valence-electron chi connectivity index (χ3n) is 3.33. The van der Waals surface area contributed by atoms with E-state index < -0.39 is 0 Å². The van der Waals surface area contributed by atoms with E-state index in [0.717, 1.165) is 38.4 Å². The Labute approximate surface area is 106 Å². The van der Waals surface area contributed by atoms with Gasteiger partial charge in [0.05, 0.1) is 6.61 Å². The van der Waals surface area contributed by atoms with Crippen molar-refractivity contribution in [2.24, 2.45) is 0 Å². The lowest BCUT2D eigenvalue weighted by Gasteiger charge is -2.18. The highest BCUT2D eigenvalue weighted by Gasteiger charge is 2.02. The molecule has 0 aromatic heterocycles. The summed E-state index contributed by atoms with van der Waals surface area (Å²) in [5, 5.41) is 0. The van der Waals surface area contributed by atoms with Crippen LogP contribution < -0.4 is 4.74 Å². The van der Waals surface area contributed by atoms with Gasteiger partial charge in [0, 0.05) is 6.54 Å². The summed E-state index contributed by atoms with van der Waals surface area (Å²) in [5.74, 6) is 1.03. The highest BCUT2D eigenvalue weighted by atomic mass is 16.5. The van der Waals surface area contributed by atoms with Gasteiger partial charge in [0.15, 0.2) is 0 Å². The average Bonchev–Trinajstić information content (AvgIpc) is 2.34. The predicted octanol–water partition coefficient (Wildman–Crippen LogP) is 3.41. The van der Waals surface area contributed by atoms with Crippen molar-refractivity contribution in [1.29, 1.82) is 0 Å². The number of rotatable bonds is 7. The van der Waals surface area contributed by atoms with Gasteiger partial charge in [-0.2, -0.15) is 0 Å². The van der Waals surface area contributed by atoms with E-state index in [-0.39, 0.29) is 0 Å². The molecule has 0 aliphatic carbocycles. The minimum Gasteiger partial charge on any atom is -0.493 e. The molecule has 1 aromatic rings. The highest BCUT2D eigenvalue weighted by molar-refractivity contribution is 5.38. The van der Waals surface area contributed by atoms with Gasteiger partial charge in [-0.25, -0.2) is 0 Å². The summed E-state index contributed by atoms with van der Waals surface area (Å²) in [6.45, 7) is 12.8. The zero-order chi connectivity index (χ0) is 12.7. The van der Waals surface area contributed by atoms with Crippen LogP contribution in [0.1, 0.15) is 31.4 Å². The van der Waals surface area contributed by atoms with Crippen molar-refractivity contribution in [1.82, 2.24) is 4.90 Å². The molecule has 0 radical (unpaired) electrons. The minimum atomic E-state index is 0.806. The lowest BCUT2D eigenvalue weighted by Crippen LogP contribution is -2.25. The number of aryl methyl sites for hydroxylation is 1. The Morgan fingerprint density at radius 1 is 1.12 bits per heavy atom. The molecule has 0 fully saturated rings. The molecule has 0 amide bonds. The fourth-order valence-electron chi connectivity index (χ4n) is 1.89. The number of hydrogen-bond acceptors (Lipinski definition) is 2. The van der Waals surface area contributed by atoms with Crippen molar-refractivity contribution in [2.75, 3.05) is 26.2 Å². The first-order chi connectivity index (χ1) is 8.19. The molecule has 1 aromatic carbocycles. The van der Waals surface area contributed by atoms with E-state index in [1.54, 1.807) is 0 Å². The van der Waals surface area contributed by atoms with Crippen LogP contribution in [0.3, 0.4) is 0 Å². The van der Waals surface area contributed by atoms with Crippen LogP contribution in [-0.2, 0) is 0 Å². The van der Waals surface area contributed by atoms with Gasteiger partial charge in [0.2, 0.25) is 0 Å². The highest BCUT2D eigenvalue weighted by Crippen LogP contribution is 2.20. The third kappa shape index (κ3) is 4.39. The molecule has 0 bridgehead atoms. The quantitative estimate of drug-likeness (QED) is 0.671. The Morgan fingerprint density at radius 2 is 1.82 bits per heavy atom. The molecular formula is C15H25NO. The Balaban J connectivity index is 2.33. The van der Waals surface area contributed by atoms with E-state index in [0.29, 0.717) is 0 Å². The number of ether oxygens (including phenoxy) is 1. The standard InChI is InChI=1S/C15H25NO/c1-5-16(6-2)11-8-12-17-15-10-7-9-13(3)14(15)4/h7,9-10H,5-6,8,11-12H2,1-4H3. The van der Waals surface area contributed by atoms with Crippen molar-refractivity contribution in [3.8, 4) is 5.75 Å². The first-order valence-electron chi connectivity index (χ1n) is 6.60. The lowest BCUT2D eigenvalue weighted by molar-refractivity contribution is 0.248. The van der Waals surface area contributed by atoms with E-state index in [2.05, 4.69) is 50.8 Å². The van der Waals surface area contributed by atoms with Gasteiger partial charge < -0.3 is 9.64 Å². The van der Waals surface area contributed by atoms with Gasteiger partial charge in [-0.05, 0) is 50.6 Å². The summed E-state index contributed by atoms with van der Waals surface area (Å²) in [7, 11) is 0. The summed E-state index contributed by atoms with van der Waals surface area (Å²) < 4.78 is 5.83. The minimum absolute atomic E-state index is 0.806. The molecule has 0 aliphatic rings. The van der Waals surface area contributed by atoms with Crippen molar-refractivity contribution in [3.05, 3.63) is 29.3 Å². The maximum Gasteiger partial charge on any atom is 0.122 e. The van der Waals surface area contributed by atoms with E-state index in [4.69, 9.17) is 4.74 Å². The Kier molecular flexibility index (Phi) is 6.06. The topological polar surface area (TPSA) is 12.5 Å². The number of nitrogens with zero attached hydrogens (tertiary/aromatic N) is 1. The van der Waals surface area contributed by atoms with Crippen LogP contribution in [0.2, 0.25) is 0 Å². The largest absolute Gasteiger partial charge is 0.493 e. The van der Waals surface area contributed by atoms with Crippen molar-refractivity contribution in [3.63, 3.8) is 0 Å². The lowest BCUT2D eigenvalue weighted by atomic mass is 10.1. The summed E-state index contributed by atoms with van der Waals surface area (Å²) >= 11 is 0. The SMILES string of the molecule is CCN(CC)CCCOc1cccc(C)c1C. The zero-order valence-corrected chi connectivity index (χ0v) is 11.6. The smallest absolute Gasteiger partial charge is 0.122 e. The van der Waals surface area contributed by atoms with Crippen LogP contribution in [0.4, 0.5) is 0 Å². The second-order valence-electron chi connectivity index (χ2n) is 4.43. The van der Waals surface area contributed by atoms with Gasteiger partial charge in [0.1, 0.15) is 5.75 Å². The molecule has 0 heterocycles. The van der Waals surface area contributed by atoms with Gasteiger partial charge in [-0.3, -0.25) is 0 Å². The second kappa shape index (κ2) is 7.33. The molecular weight excluding hydrogens is 210 g/mol. The molecule has 96 valence electrons. The summed E-state index contributed by atoms with van der Waals surface area (Å²) in [4.78, 5) is 2.42. The van der Waals surface area contributed by atoms with Crippen LogP contribution in [0.5, 0.6) is 5.75 Å². The second-order valence-corrected chi connectivity index (χ2v) is 4.43. The van der Waals surface area contributed by atoms with Crippen LogP contribution in [0.15, 0.2) is 18.2 Å².